The molecule has 0 saturated heterocycles. The summed E-state index contributed by atoms with van der Waals surface area (Å²) in [7, 11) is 0. The molecule has 15 heavy (non-hydrogen) atoms. The molecule has 1 aliphatic carbocycles. The van der Waals surface area contributed by atoms with Gasteiger partial charge in [-0.15, -0.1) is 6.58 Å². The number of ether oxygens (including phenoxy) is 1. The predicted octanol–water partition coefficient (Wildman–Crippen LogP) is 2.60. The Balaban J connectivity index is 2.92. The zero-order valence-electron chi connectivity index (χ0n) is 9.73. The molecular formula is C13H20O2. The summed E-state index contributed by atoms with van der Waals surface area (Å²) in [5.41, 5.74) is -0.950. The number of hydrogen-bond donors (Lipinski definition) is 1. The van der Waals surface area contributed by atoms with Crippen molar-refractivity contribution in [2.45, 2.75) is 44.5 Å². The van der Waals surface area contributed by atoms with Gasteiger partial charge in [0.25, 0.3) is 0 Å². The average Bonchev–Trinajstić information content (AvgIpc) is 2.08. The summed E-state index contributed by atoms with van der Waals surface area (Å²) >= 11 is 0. The minimum Gasteiger partial charge on any atom is -0.386 e. The zero-order chi connectivity index (χ0) is 11.5. The van der Waals surface area contributed by atoms with Crippen molar-refractivity contribution < 1.29 is 9.84 Å². The molecule has 0 bridgehead atoms. The molecule has 0 amide bonds. The van der Waals surface area contributed by atoms with E-state index in [2.05, 4.69) is 6.58 Å². The fraction of sp³-hybridized carbons (Fsp3) is 0.538. The Morgan fingerprint density at radius 1 is 1.47 bits per heavy atom. The molecular weight excluding hydrogens is 188 g/mol. The van der Waals surface area contributed by atoms with Crippen LogP contribution in [0.5, 0.6) is 0 Å². The van der Waals surface area contributed by atoms with Crippen molar-refractivity contribution in [1.82, 2.24) is 0 Å². The van der Waals surface area contributed by atoms with Crippen LogP contribution < -0.4 is 0 Å². The fourth-order valence-electron chi connectivity index (χ4n) is 1.77. The van der Waals surface area contributed by atoms with Gasteiger partial charge in [0.15, 0.2) is 0 Å². The second-order valence-electron chi connectivity index (χ2n) is 4.85. The number of aliphatic hydroxyl groups excluding tert-OH is 1. The van der Waals surface area contributed by atoms with Gasteiger partial charge in [0.05, 0.1) is 5.60 Å². The minimum atomic E-state index is -0.658. The molecule has 2 atom stereocenters. The van der Waals surface area contributed by atoms with E-state index >= 15 is 0 Å². The molecule has 0 aromatic rings. The maximum Gasteiger partial charge on any atom is 0.120 e. The van der Waals surface area contributed by atoms with Crippen LogP contribution in [0.25, 0.3) is 0 Å². The van der Waals surface area contributed by atoms with E-state index in [0.717, 1.165) is 0 Å². The minimum absolute atomic E-state index is 0.292. The summed E-state index contributed by atoms with van der Waals surface area (Å²) < 4.78 is 5.96. The van der Waals surface area contributed by atoms with Crippen molar-refractivity contribution in [3.05, 3.63) is 37.0 Å². The predicted molar refractivity (Wildman–Crippen MR) is 62.7 cm³/mol. The first kappa shape index (κ1) is 12.2. The highest BCUT2D eigenvalue weighted by Crippen LogP contribution is 2.31. The van der Waals surface area contributed by atoms with Crippen LogP contribution in [0, 0.1) is 0 Å². The standard InChI is InChI=1S/C13H20O2/c1-5-9-13(15-12(2,3)4)10-7-6-8-11(13)14/h5-8,10-11,14H,1,9H2,2-4H3. The van der Waals surface area contributed by atoms with Gasteiger partial charge in [0.2, 0.25) is 0 Å². The van der Waals surface area contributed by atoms with Crippen molar-refractivity contribution in [2.24, 2.45) is 0 Å². The Hall–Kier alpha value is -0.860. The zero-order valence-corrected chi connectivity index (χ0v) is 9.73. The first-order chi connectivity index (χ1) is 6.90. The molecule has 0 aromatic carbocycles. The lowest BCUT2D eigenvalue weighted by molar-refractivity contribution is -0.144. The number of hydrogen-bond acceptors (Lipinski definition) is 2. The number of rotatable bonds is 3. The Kier molecular flexibility index (Phi) is 3.53. The Labute approximate surface area is 92.0 Å². The van der Waals surface area contributed by atoms with Gasteiger partial charge in [-0.1, -0.05) is 24.3 Å². The van der Waals surface area contributed by atoms with Gasteiger partial charge in [-0.05, 0) is 26.8 Å². The van der Waals surface area contributed by atoms with Gasteiger partial charge in [0.1, 0.15) is 11.7 Å². The van der Waals surface area contributed by atoms with Gasteiger partial charge in [-0.25, -0.2) is 0 Å². The maximum absolute atomic E-state index is 10.0. The highest BCUT2D eigenvalue weighted by atomic mass is 16.5. The second-order valence-corrected chi connectivity index (χ2v) is 4.85. The van der Waals surface area contributed by atoms with E-state index in [9.17, 15) is 5.11 Å². The Morgan fingerprint density at radius 2 is 2.13 bits per heavy atom. The molecule has 0 aromatic heterocycles. The maximum atomic E-state index is 10.0. The van der Waals surface area contributed by atoms with Crippen LogP contribution in [-0.2, 0) is 4.74 Å². The lowest BCUT2D eigenvalue weighted by Gasteiger charge is -2.40. The molecule has 0 spiro atoms. The topological polar surface area (TPSA) is 29.5 Å². The summed E-state index contributed by atoms with van der Waals surface area (Å²) in [6, 6.07) is 0. The first-order valence-corrected chi connectivity index (χ1v) is 5.25. The van der Waals surface area contributed by atoms with Gasteiger partial charge in [-0.2, -0.15) is 0 Å². The van der Waals surface area contributed by atoms with E-state index < -0.39 is 11.7 Å². The third-order valence-corrected chi connectivity index (χ3v) is 2.24. The fourth-order valence-corrected chi connectivity index (χ4v) is 1.77. The lowest BCUT2D eigenvalue weighted by atomic mass is 9.87. The van der Waals surface area contributed by atoms with E-state index in [1.807, 2.05) is 39.0 Å². The molecule has 84 valence electrons. The van der Waals surface area contributed by atoms with Crippen molar-refractivity contribution in [1.29, 1.82) is 0 Å². The molecule has 1 rings (SSSR count). The van der Waals surface area contributed by atoms with Gasteiger partial charge in [0, 0.05) is 6.42 Å². The van der Waals surface area contributed by atoms with Gasteiger partial charge in [-0.3, -0.25) is 0 Å². The molecule has 0 radical (unpaired) electrons. The largest absolute Gasteiger partial charge is 0.386 e. The van der Waals surface area contributed by atoms with E-state index in [4.69, 9.17) is 4.74 Å². The molecule has 2 heteroatoms. The molecule has 0 heterocycles. The smallest absolute Gasteiger partial charge is 0.120 e. The molecule has 1 N–H and O–H groups in total. The van der Waals surface area contributed by atoms with Crippen molar-refractivity contribution >= 4 is 0 Å². The molecule has 0 saturated carbocycles. The second kappa shape index (κ2) is 4.33. The molecule has 0 aliphatic heterocycles. The normalized spacial score (nSPS) is 30.5. The molecule has 0 fully saturated rings. The Morgan fingerprint density at radius 3 is 2.60 bits per heavy atom. The van der Waals surface area contributed by atoms with Crippen LogP contribution >= 0.6 is 0 Å². The van der Waals surface area contributed by atoms with Gasteiger partial charge >= 0.3 is 0 Å². The summed E-state index contributed by atoms with van der Waals surface area (Å²) in [6.07, 6.45) is 9.16. The lowest BCUT2D eigenvalue weighted by Crippen LogP contribution is -2.47. The van der Waals surface area contributed by atoms with Crippen molar-refractivity contribution in [3.63, 3.8) is 0 Å². The van der Waals surface area contributed by atoms with Crippen LogP contribution in [-0.4, -0.2) is 22.4 Å². The van der Waals surface area contributed by atoms with Crippen molar-refractivity contribution in [3.8, 4) is 0 Å². The Bertz CT molecular complexity index is 283. The first-order valence-electron chi connectivity index (χ1n) is 5.25. The summed E-state index contributed by atoms with van der Waals surface area (Å²) in [6.45, 7) is 9.66. The van der Waals surface area contributed by atoms with Crippen LogP contribution in [0.3, 0.4) is 0 Å². The SMILES string of the molecule is C=CCC1(OC(C)(C)C)C=CC=CC1O. The third-order valence-electron chi connectivity index (χ3n) is 2.24. The van der Waals surface area contributed by atoms with Crippen LogP contribution in [0.4, 0.5) is 0 Å². The molecule has 2 unspecified atom stereocenters. The van der Waals surface area contributed by atoms with Gasteiger partial charge < -0.3 is 9.84 Å². The van der Waals surface area contributed by atoms with E-state index in [-0.39, 0.29) is 5.60 Å². The van der Waals surface area contributed by atoms with E-state index in [1.165, 1.54) is 0 Å². The summed E-state index contributed by atoms with van der Waals surface area (Å²) in [5, 5.41) is 10.0. The molecule has 1 aliphatic rings. The number of allylic oxidation sites excluding steroid dienone is 2. The highest BCUT2D eigenvalue weighted by molar-refractivity contribution is 5.24. The van der Waals surface area contributed by atoms with E-state index in [0.29, 0.717) is 6.42 Å². The molecule has 2 nitrogen and oxygen atoms in total. The third kappa shape index (κ3) is 3.05. The number of aliphatic hydroxyl groups is 1. The van der Waals surface area contributed by atoms with Crippen LogP contribution in [0.15, 0.2) is 37.0 Å². The monoisotopic (exact) mass is 208 g/mol. The summed E-state index contributed by atoms with van der Waals surface area (Å²) in [4.78, 5) is 0. The summed E-state index contributed by atoms with van der Waals surface area (Å²) in [5.74, 6) is 0. The van der Waals surface area contributed by atoms with Crippen molar-refractivity contribution in [2.75, 3.05) is 0 Å². The van der Waals surface area contributed by atoms with Crippen LogP contribution in [0.2, 0.25) is 0 Å². The average molecular weight is 208 g/mol. The van der Waals surface area contributed by atoms with E-state index in [1.54, 1.807) is 12.2 Å². The quantitative estimate of drug-likeness (QED) is 0.722. The highest BCUT2D eigenvalue weighted by Gasteiger charge is 2.38. The van der Waals surface area contributed by atoms with Crippen LogP contribution in [0.1, 0.15) is 27.2 Å².